The molecule has 2 aromatic carbocycles. The number of amides is 3. The zero-order chi connectivity index (χ0) is 25.0. The van der Waals surface area contributed by atoms with E-state index in [2.05, 4.69) is 65.9 Å². The van der Waals surface area contributed by atoms with Gasteiger partial charge in [0.25, 0.3) is 0 Å². The molecule has 3 amide bonds. The number of hydrogen-bond donors (Lipinski definition) is 2. The average Bonchev–Trinajstić information content (AvgIpc) is 3.47. The number of rotatable bonds is 6. The van der Waals surface area contributed by atoms with Crippen molar-refractivity contribution in [3.8, 4) is 17.1 Å². The van der Waals surface area contributed by atoms with Crippen molar-refractivity contribution in [2.45, 2.75) is 70.0 Å². The Bertz CT molecular complexity index is 1190. The molecule has 8 heteroatoms. The van der Waals surface area contributed by atoms with Crippen molar-refractivity contribution in [1.82, 2.24) is 25.4 Å². The van der Waals surface area contributed by atoms with Gasteiger partial charge in [0, 0.05) is 11.6 Å². The first-order valence-corrected chi connectivity index (χ1v) is 13.1. The zero-order valence-electron chi connectivity index (χ0n) is 20.8. The van der Waals surface area contributed by atoms with Gasteiger partial charge in [-0.05, 0) is 42.4 Å². The lowest BCUT2D eigenvalue weighted by Crippen LogP contribution is -2.44. The third kappa shape index (κ3) is 6.11. The molecule has 184 valence electrons. The summed E-state index contributed by atoms with van der Waals surface area (Å²) in [4.78, 5) is 24.6. The van der Waals surface area contributed by atoms with Crippen LogP contribution in [0.25, 0.3) is 17.1 Å². The summed E-state index contributed by atoms with van der Waals surface area (Å²) in [5.74, 6) is 0.410. The fraction of sp³-hybridized carbons (Fsp3) is 0.407. The Balaban J connectivity index is 1.54. The molecule has 1 aromatic heterocycles. The maximum absolute atomic E-state index is 12.5. The molecule has 2 N–H and O–H groups in total. The van der Waals surface area contributed by atoms with Crippen LogP contribution in [0.1, 0.15) is 57.6 Å². The van der Waals surface area contributed by atoms with Crippen LogP contribution in [0.15, 0.2) is 53.7 Å². The number of aryl methyl sites for hydroxylation is 1. The summed E-state index contributed by atoms with van der Waals surface area (Å²) in [5, 5.41) is 14.8. The maximum atomic E-state index is 12.5. The second kappa shape index (κ2) is 10.6. The molecule has 0 unspecified atom stereocenters. The molecule has 1 saturated carbocycles. The number of thioether (sulfide) groups is 1. The van der Waals surface area contributed by atoms with E-state index < -0.39 is 6.03 Å². The lowest BCUT2D eigenvalue weighted by atomic mass is 9.87. The molecule has 0 bridgehead atoms. The van der Waals surface area contributed by atoms with Crippen LogP contribution in [0.2, 0.25) is 0 Å². The summed E-state index contributed by atoms with van der Waals surface area (Å²) < 4.78 is 1.98. The van der Waals surface area contributed by atoms with E-state index in [-0.39, 0.29) is 23.1 Å². The number of hydrogen-bond acceptors (Lipinski definition) is 5. The number of carbonyl (C=O) groups excluding carboxylic acids is 2. The van der Waals surface area contributed by atoms with Crippen LogP contribution in [0, 0.1) is 6.92 Å². The van der Waals surface area contributed by atoms with Crippen molar-refractivity contribution < 1.29 is 9.59 Å². The van der Waals surface area contributed by atoms with E-state index >= 15 is 0 Å². The van der Waals surface area contributed by atoms with Crippen molar-refractivity contribution in [2.24, 2.45) is 0 Å². The van der Waals surface area contributed by atoms with Crippen molar-refractivity contribution in [2.75, 3.05) is 5.75 Å². The standard InChI is InChI=1S/C27H33N5O2S/c1-18-9-5-8-12-22(18)32-24(19-13-15-20(16-14-19)27(2,3)4)30-31-26(32)35-17-23(33)29-25(34)28-21-10-6-7-11-21/h5,8-9,12-16,21H,6-7,10-11,17H2,1-4H3,(H2,28,29,33,34). The third-order valence-corrected chi connectivity index (χ3v) is 7.20. The molecular formula is C27H33N5O2S. The van der Waals surface area contributed by atoms with Gasteiger partial charge >= 0.3 is 6.03 Å². The zero-order valence-corrected chi connectivity index (χ0v) is 21.6. The van der Waals surface area contributed by atoms with E-state index in [0.29, 0.717) is 11.0 Å². The fourth-order valence-corrected chi connectivity index (χ4v) is 5.03. The molecular weight excluding hydrogens is 458 g/mol. The number of benzene rings is 2. The van der Waals surface area contributed by atoms with Crippen molar-refractivity contribution in [1.29, 1.82) is 0 Å². The number of nitrogens with one attached hydrogen (secondary N) is 2. The normalized spacial score (nSPS) is 14.2. The van der Waals surface area contributed by atoms with Gasteiger partial charge in [0.1, 0.15) is 0 Å². The quantitative estimate of drug-likeness (QED) is 0.451. The minimum atomic E-state index is -0.428. The van der Waals surface area contributed by atoms with E-state index in [1.54, 1.807) is 0 Å². The number of imide groups is 1. The van der Waals surface area contributed by atoms with Crippen LogP contribution in [-0.4, -0.2) is 38.5 Å². The third-order valence-electron chi connectivity index (χ3n) is 6.27. The topological polar surface area (TPSA) is 88.9 Å². The Morgan fingerprint density at radius 3 is 2.37 bits per heavy atom. The molecule has 1 aliphatic rings. The van der Waals surface area contributed by atoms with Gasteiger partial charge < -0.3 is 5.32 Å². The maximum Gasteiger partial charge on any atom is 0.321 e. The van der Waals surface area contributed by atoms with Gasteiger partial charge in [0.2, 0.25) is 5.91 Å². The number of nitrogens with zero attached hydrogens (tertiary/aromatic N) is 3. The van der Waals surface area contributed by atoms with Gasteiger partial charge in [-0.15, -0.1) is 10.2 Å². The van der Waals surface area contributed by atoms with Crippen molar-refractivity contribution in [3.63, 3.8) is 0 Å². The summed E-state index contributed by atoms with van der Waals surface area (Å²) in [5.41, 5.74) is 4.27. The fourth-order valence-electron chi connectivity index (χ4n) is 4.29. The van der Waals surface area contributed by atoms with Gasteiger partial charge in [0.15, 0.2) is 11.0 Å². The molecule has 0 radical (unpaired) electrons. The Labute approximate surface area is 211 Å². The summed E-state index contributed by atoms with van der Waals surface area (Å²) in [6.07, 6.45) is 4.17. The van der Waals surface area contributed by atoms with Crippen molar-refractivity contribution >= 4 is 23.7 Å². The second-order valence-electron chi connectivity index (χ2n) is 10.0. The number of para-hydroxylation sites is 1. The van der Waals surface area contributed by atoms with E-state index in [1.165, 1.54) is 17.3 Å². The molecule has 4 rings (SSSR count). The Morgan fingerprint density at radius 1 is 1.03 bits per heavy atom. The van der Waals surface area contributed by atoms with Crippen LogP contribution >= 0.6 is 11.8 Å². The predicted octanol–water partition coefficient (Wildman–Crippen LogP) is 5.40. The highest BCUT2D eigenvalue weighted by Crippen LogP contribution is 2.31. The predicted molar refractivity (Wildman–Crippen MR) is 140 cm³/mol. The molecule has 0 spiro atoms. The van der Waals surface area contributed by atoms with Gasteiger partial charge in [-0.25, -0.2) is 4.79 Å². The molecule has 1 heterocycles. The van der Waals surface area contributed by atoms with Crippen LogP contribution in [-0.2, 0) is 10.2 Å². The molecule has 7 nitrogen and oxygen atoms in total. The summed E-state index contributed by atoms with van der Waals surface area (Å²) in [6.45, 7) is 8.60. The summed E-state index contributed by atoms with van der Waals surface area (Å²) in [6, 6.07) is 16.1. The highest BCUT2D eigenvalue weighted by molar-refractivity contribution is 7.99. The number of aromatic nitrogens is 3. The van der Waals surface area contributed by atoms with E-state index in [4.69, 9.17) is 0 Å². The minimum Gasteiger partial charge on any atom is -0.335 e. The smallest absolute Gasteiger partial charge is 0.321 e. The van der Waals surface area contributed by atoms with E-state index in [0.717, 1.165) is 42.5 Å². The first-order chi connectivity index (χ1) is 16.7. The van der Waals surface area contributed by atoms with Crippen LogP contribution in [0.3, 0.4) is 0 Å². The Morgan fingerprint density at radius 2 is 1.71 bits per heavy atom. The first kappa shape index (κ1) is 25.0. The van der Waals surface area contributed by atoms with Gasteiger partial charge in [0.05, 0.1) is 11.4 Å². The molecule has 1 fully saturated rings. The number of urea groups is 1. The molecule has 3 aromatic rings. The molecule has 0 saturated heterocycles. The highest BCUT2D eigenvalue weighted by atomic mass is 32.2. The van der Waals surface area contributed by atoms with E-state index in [9.17, 15) is 9.59 Å². The Hall–Kier alpha value is -3.13. The lowest BCUT2D eigenvalue weighted by molar-refractivity contribution is -0.117. The molecule has 35 heavy (non-hydrogen) atoms. The number of carbonyl (C=O) groups is 2. The summed E-state index contributed by atoms with van der Waals surface area (Å²) >= 11 is 1.26. The second-order valence-corrected chi connectivity index (χ2v) is 11.0. The van der Waals surface area contributed by atoms with Crippen molar-refractivity contribution in [3.05, 3.63) is 59.7 Å². The van der Waals surface area contributed by atoms with E-state index in [1.807, 2.05) is 35.8 Å². The first-order valence-electron chi connectivity index (χ1n) is 12.1. The van der Waals surface area contributed by atoms with Crippen LogP contribution in [0.5, 0.6) is 0 Å². The van der Waals surface area contributed by atoms with Crippen LogP contribution in [0.4, 0.5) is 4.79 Å². The van der Waals surface area contributed by atoms with Crippen LogP contribution < -0.4 is 10.6 Å². The molecule has 0 aliphatic heterocycles. The largest absolute Gasteiger partial charge is 0.335 e. The SMILES string of the molecule is Cc1ccccc1-n1c(SCC(=O)NC(=O)NC2CCCC2)nnc1-c1ccc(C(C)(C)C)cc1. The molecule has 0 atom stereocenters. The van der Waals surface area contributed by atoms with Gasteiger partial charge in [-0.3, -0.25) is 14.7 Å². The average molecular weight is 492 g/mol. The molecule has 1 aliphatic carbocycles. The Kier molecular flexibility index (Phi) is 7.60. The van der Waals surface area contributed by atoms with Gasteiger partial charge in [-0.2, -0.15) is 0 Å². The highest BCUT2D eigenvalue weighted by Gasteiger charge is 2.21. The lowest BCUT2D eigenvalue weighted by Gasteiger charge is -2.19. The summed E-state index contributed by atoms with van der Waals surface area (Å²) in [7, 11) is 0. The monoisotopic (exact) mass is 491 g/mol. The minimum absolute atomic E-state index is 0.0562. The van der Waals surface area contributed by atoms with Gasteiger partial charge in [-0.1, -0.05) is 87.8 Å².